The van der Waals surface area contributed by atoms with Gasteiger partial charge in [-0.15, -0.1) is 0 Å². The molecule has 1 fully saturated rings. The number of carbonyl (C=O) groups is 2. The molecule has 4 rings (SSSR count). The van der Waals surface area contributed by atoms with Crippen molar-refractivity contribution in [1.29, 1.82) is 0 Å². The van der Waals surface area contributed by atoms with Crippen molar-refractivity contribution in [3.8, 4) is 11.1 Å². The van der Waals surface area contributed by atoms with Crippen LogP contribution in [0.3, 0.4) is 0 Å². The van der Waals surface area contributed by atoms with Gasteiger partial charge in [-0.2, -0.15) is 0 Å². The van der Waals surface area contributed by atoms with Crippen LogP contribution in [-0.4, -0.2) is 30.4 Å². The first-order chi connectivity index (χ1) is 12.9. The Bertz CT molecular complexity index is 920. The van der Waals surface area contributed by atoms with Crippen molar-refractivity contribution in [1.82, 2.24) is 5.32 Å². The number of hydrogen-bond acceptors (Lipinski definition) is 3. The summed E-state index contributed by atoms with van der Waals surface area (Å²) in [6, 6.07) is 14.6. The first kappa shape index (κ1) is 17.7. The molecule has 0 aromatic heterocycles. The summed E-state index contributed by atoms with van der Waals surface area (Å²) in [6.45, 7) is 4.54. The number of nitrogens with two attached hydrogens (primary N) is 1. The van der Waals surface area contributed by atoms with Gasteiger partial charge in [0.15, 0.2) is 0 Å². The van der Waals surface area contributed by atoms with E-state index in [4.69, 9.17) is 5.73 Å². The van der Waals surface area contributed by atoms with Crippen LogP contribution in [0, 0.1) is 5.92 Å². The highest BCUT2D eigenvalue weighted by Crippen LogP contribution is 2.39. The van der Waals surface area contributed by atoms with E-state index in [0.29, 0.717) is 13.1 Å². The molecule has 27 heavy (non-hydrogen) atoms. The van der Waals surface area contributed by atoms with Crippen LogP contribution in [0.4, 0.5) is 5.69 Å². The molecule has 1 aliphatic heterocycles. The van der Waals surface area contributed by atoms with Gasteiger partial charge in [-0.05, 0) is 54.7 Å². The smallest absolute Gasteiger partial charge is 0.227 e. The molecule has 1 unspecified atom stereocenters. The number of carbonyl (C=O) groups excluding carboxylic acids is 2. The summed E-state index contributed by atoms with van der Waals surface area (Å²) in [5, 5.41) is 2.95. The van der Waals surface area contributed by atoms with E-state index in [1.807, 2.05) is 19.9 Å². The molecular formula is C22H25N3O2. The number of rotatable bonds is 4. The summed E-state index contributed by atoms with van der Waals surface area (Å²) >= 11 is 0. The molecule has 0 bridgehead atoms. The maximum Gasteiger partial charge on any atom is 0.227 e. The molecule has 2 aromatic rings. The van der Waals surface area contributed by atoms with Gasteiger partial charge >= 0.3 is 0 Å². The maximum absolute atomic E-state index is 12.6. The number of fused-ring (bicyclic) bond motifs is 3. The Morgan fingerprint density at radius 1 is 1.19 bits per heavy atom. The molecule has 1 saturated heterocycles. The lowest BCUT2D eigenvalue weighted by atomic mass is 10.0. The number of nitrogens with one attached hydrogen (secondary N) is 1. The minimum absolute atomic E-state index is 0.00355. The van der Waals surface area contributed by atoms with Crippen molar-refractivity contribution < 1.29 is 9.59 Å². The Hall–Kier alpha value is -2.66. The fourth-order valence-electron chi connectivity index (χ4n) is 3.92. The van der Waals surface area contributed by atoms with E-state index in [-0.39, 0.29) is 24.2 Å². The van der Waals surface area contributed by atoms with Gasteiger partial charge in [0.2, 0.25) is 11.8 Å². The minimum Gasteiger partial charge on any atom is -0.350 e. The fraction of sp³-hybridized carbons (Fsp3) is 0.364. The predicted octanol–water partition coefficient (Wildman–Crippen LogP) is 2.46. The summed E-state index contributed by atoms with van der Waals surface area (Å²) in [7, 11) is 0. The largest absolute Gasteiger partial charge is 0.350 e. The van der Waals surface area contributed by atoms with Crippen LogP contribution < -0.4 is 16.0 Å². The van der Waals surface area contributed by atoms with E-state index in [1.54, 1.807) is 4.90 Å². The molecular weight excluding hydrogens is 338 g/mol. The van der Waals surface area contributed by atoms with Gasteiger partial charge in [-0.1, -0.05) is 30.3 Å². The third kappa shape index (κ3) is 3.23. The van der Waals surface area contributed by atoms with E-state index in [1.165, 1.54) is 22.3 Å². The number of hydrogen-bond donors (Lipinski definition) is 2. The van der Waals surface area contributed by atoms with Crippen LogP contribution >= 0.6 is 0 Å². The lowest BCUT2D eigenvalue weighted by molar-refractivity contribution is -0.127. The second-order valence-corrected chi connectivity index (χ2v) is 8.16. The molecule has 5 nitrogen and oxygen atoms in total. The molecule has 2 aliphatic rings. The first-order valence-corrected chi connectivity index (χ1v) is 9.41. The number of benzene rings is 2. The predicted molar refractivity (Wildman–Crippen MR) is 106 cm³/mol. The maximum atomic E-state index is 12.6. The molecule has 1 aliphatic carbocycles. The van der Waals surface area contributed by atoms with Crippen LogP contribution in [0.5, 0.6) is 0 Å². The standard InChI is InChI=1S/C22H25N3O2/c1-22(2,13-23)24-21(27)16-11-20(26)25(12-16)17-7-8-19-15(10-17)9-14-5-3-4-6-18(14)19/h3-8,10,16H,9,11-13,23H2,1-2H3,(H,24,27). The summed E-state index contributed by atoms with van der Waals surface area (Å²) in [6.07, 6.45) is 1.12. The van der Waals surface area contributed by atoms with Gasteiger partial charge in [-0.25, -0.2) is 0 Å². The molecule has 1 heterocycles. The number of nitrogens with zero attached hydrogens (tertiary/aromatic N) is 1. The molecule has 5 heteroatoms. The van der Waals surface area contributed by atoms with Crippen LogP contribution in [0.15, 0.2) is 42.5 Å². The molecule has 140 valence electrons. The minimum atomic E-state index is -0.465. The monoisotopic (exact) mass is 363 g/mol. The quantitative estimate of drug-likeness (QED) is 0.748. The van der Waals surface area contributed by atoms with E-state index < -0.39 is 5.54 Å². The van der Waals surface area contributed by atoms with Crippen molar-refractivity contribution in [2.75, 3.05) is 18.0 Å². The molecule has 0 saturated carbocycles. The summed E-state index contributed by atoms with van der Waals surface area (Å²) < 4.78 is 0. The Balaban J connectivity index is 1.53. The average molecular weight is 363 g/mol. The highest BCUT2D eigenvalue weighted by atomic mass is 16.2. The van der Waals surface area contributed by atoms with Gasteiger partial charge in [0, 0.05) is 30.7 Å². The van der Waals surface area contributed by atoms with Crippen molar-refractivity contribution in [3.63, 3.8) is 0 Å². The SMILES string of the molecule is CC(C)(CN)NC(=O)C1CC(=O)N(c2ccc3c(c2)Cc2ccccc2-3)C1. The van der Waals surface area contributed by atoms with E-state index >= 15 is 0 Å². The zero-order valence-corrected chi connectivity index (χ0v) is 15.8. The van der Waals surface area contributed by atoms with E-state index in [9.17, 15) is 9.59 Å². The van der Waals surface area contributed by atoms with Gasteiger partial charge in [0.1, 0.15) is 0 Å². The Morgan fingerprint density at radius 3 is 2.70 bits per heavy atom. The zero-order chi connectivity index (χ0) is 19.2. The van der Waals surface area contributed by atoms with Gasteiger partial charge in [0.25, 0.3) is 0 Å². The lowest BCUT2D eigenvalue weighted by Gasteiger charge is -2.26. The van der Waals surface area contributed by atoms with Crippen LogP contribution in [-0.2, 0) is 16.0 Å². The topological polar surface area (TPSA) is 75.4 Å². The van der Waals surface area contributed by atoms with Crippen molar-refractivity contribution in [3.05, 3.63) is 53.6 Å². The Labute approximate surface area is 159 Å². The third-order valence-electron chi connectivity index (χ3n) is 5.56. The second kappa shape index (κ2) is 6.50. The van der Waals surface area contributed by atoms with Crippen LogP contribution in [0.25, 0.3) is 11.1 Å². The first-order valence-electron chi connectivity index (χ1n) is 9.41. The van der Waals surface area contributed by atoms with Crippen molar-refractivity contribution in [2.24, 2.45) is 11.7 Å². The van der Waals surface area contributed by atoms with Crippen molar-refractivity contribution >= 4 is 17.5 Å². The van der Waals surface area contributed by atoms with Crippen molar-refractivity contribution in [2.45, 2.75) is 32.2 Å². The average Bonchev–Trinajstić information content (AvgIpc) is 3.21. The zero-order valence-electron chi connectivity index (χ0n) is 15.8. The summed E-state index contributed by atoms with van der Waals surface area (Å²) in [5.74, 6) is -0.445. The van der Waals surface area contributed by atoms with Gasteiger partial charge < -0.3 is 16.0 Å². The second-order valence-electron chi connectivity index (χ2n) is 8.16. The van der Waals surface area contributed by atoms with E-state index in [2.05, 4.69) is 41.7 Å². The molecule has 2 amide bonds. The van der Waals surface area contributed by atoms with Gasteiger partial charge in [-0.3, -0.25) is 9.59 Å². The summed E-state index contributed by atoms with van der Waals surface area (Å²) in [4.78, 5) is 26.8. The van der Waals surface area contributed by atoms with E-state index in [0.717, 1.165) is 12.1 Å². The normalized spacial score (nSPS) is 18.4. The summed E-state index contributed by atoms with van der Waals surface area (Å²) in [5.41, 5.74) is 11.2. The lowest BCUT2D eigenvalue weighted by Crippen LogP contribution is -2.51. The highest BCUT2D eigenvalue weighted by Gasteiger charge is 2.37. The molecule has 2 aromatic carbocycles. The fourth-order valence-corrected chi connectivity index (χ4v) is 3.92. The third-order valence-corrected chi connectivity index (χ3v) is 5.56. The Kier molecular flexibility index (Phi) is 4.27. The molecule has 1 atom stereocenters. The highest BCUT2D eigenvalue weighted by molar-refractivity contribution is 6.00. The van der Waals surface area contributed by atoms with Crippen LogP contribution in [0.1, 0.15) is 31.4 Å². The molecule has 0 radical (unpaired) electrons. The number of anilines is 1. The number of amides is 2. The van der Waals surface area contributed by atoms with Gasteiger partial charge in [0.05, 0.1) is 5.92 Å². The van der Waals surface area contributed by atoms with Crippen LogP contribution in [0.2, 0.25) is 0 Å². The molecule has 3 N–H and O–H groups in total. The Morgan fingerprint density at radius 2 is 1.93 bits per heavy atom. The molecule has 0 spiro atoms.